The Morgan fingerprint density at radius 1 is 1.00 bits per heavy atom. The van der Waals surface area contributed by atoms with Gasteiger partial charge < -0.3 is 10.2 Å². The highest BCUT2D eigenvalue weighted by atomic mass is 16.3. The molecular weight excluding hydrogens is 120 g/mol. The van der Waals surface area contributed by atoms with E-state index < -0.39 is 5.75 Å². The molecule has 1 radical (unpaired) electrons. The van der Waals surface area contributed by atoms with Crippen molar-refractivity contribution in [3.63, 3.8) is 0 Å². The van der Waals surface area contributed by atoms with Crippen LogP contribution in [0.5, 0.6) is 17.2 Å². The van der Waals surface area contributed by atoms with Gasteiger partial charge in [-0.05, 0) is 0 Å². The highest BCUT2D eigenvalue weighted by Crippen LogP contribution is 2.24. The number of phenolic OH excluding ortho intramolecular Hbond substituents is 2. The summed E-state index contributed by atoms with van der Waals surface area (Å²) in [5.74, 6) is -0.812. The Labute approximate surface area is 51.8 Å². The van der Waals surface area contributed by atoms with Crippen molar-refractivity contribution in [1.82, 2.24) is 0 Å². The van der Waals surface area contributed by atoms with Crippen LogP contribution in [0.1, 0.15) is 0 Å². The average molecular weight is 125 g/mol. The van der Waals surface area contributed by atoms with Crippen molar-refractivity contribution < 1.29 is 15.3 Å². The lowest BCUT2D eigenvalue weighted by Gasteiger charge is -1.91. The molecule has 0 heterocycles. The molecule has 0 aromatic heterocycles. The third kappa shape index (κ3) is 1.25. The topological polar surface area (TPSA) is 60.4 Å². The van der Waals surface area contributed by atoms with Gasteiger partial charge in [-0.2, -0.15) is 0 Å². The van der Waals surface area contributed by atoms with Crippen LogP contribution in [0.25, 0.3) is 0 Å². The van der Waals surface area contributed by atoms with Gasteiger partial charge in [-0.1, -0.05) is 0 Å². The van der Waals surface area contributed by atoms with Crippen LogP contribution in [-0.4, -0.2) is 10.2 Å². The zero-order valence-electron chi connectivity index (χ0n) is 4.53. The molecule has 1 aromatic carbocycles. The highest BCUT2D eigenvalue weighted by molar-refractivity contribution is 5.39. The molecule has 0 amide bonds. The highest BCUT2D eigenvalue weighted by Gasteiger charge is 1.96. The van der Waals surface area contributed by atoms with E-state index in [1.54, 1.807) is 0 Å². The van der Waals surface area contributed by atoms with Crippen molar-refractivity contribution in [2.75, 3.05) is 0 Å². The van der Waals surface area contributed by atoms with E-state index in [-0.39, 0.29) is 11.5 Å². The van der Waals surface area contributed by atoms with Crippen LogP contribution in [0.15, 0.2) is 18.2 Å². The maximum Gasteiger partial charge on any atom is 0.186 e. The molecule has 1 aromatic rings. The van der Waals surface area contributed by atoms with Gasteiger partial charge in [0.25, 0.3) is 0 Å². The molecular formula is C6H5O3. The molecule has 0 atom stereocenters. The minimum atomic E-state index is -0.396. The number of phenols is 2. The second-order valence-electron chi connectivity index (χ2n) is 1.69. The zero-order chi connectivity index (χ0) is 6.85. The minimum Gasteiger partial charge on any atom is -0.508 e. The van der Waals surface area contributed by atoms with Gasteiger partial charge >= 0.3 is 0 Å². The predicted octanol–water partition coefficient (Wildman–Crippen LogP) is 1.24. The quantitative estimate of drug-likeness (QED) is 0.548. The van der Waals surface area contributed by atoms with Gasteiger partial charge in [-0.25, -0.2) is 0 Å². The summed E-state index contributed by atoms with van der Waals surface area (Å²) >= 11 is 0. The first-order valence-corrected chi connectivity index (χ1v) is 2.38. The van der Waals surface area contributed by atoms with E-state index in [2.05, 4.69) is 0 Å². The Balaban J connectivity index is 3.17. The summed E-state index contributed by atoms with van der Waals surface area (Å²) in [6.45, 7) is 0. The Morgan fingerprint density at radius 2 is 1.44 bits per heavy atom. The fourth-order valence-corrected chi connectivity index (χ4v) is 0.568. The Kier molecular flexibility index (Phi) is 1.18. The van der Waals surface area contributed by atoms with E-state index in [9.17, 15) is 5.11 Å². The predicted molar refractivity (Wildman–Crippen MR) is 29.9 cm³/mol. The van der Waals surface area contributed by atoms with Crippen molar-refractivity contribution in [2.24, 2.45) is 0 Å². The molecule has 47 valence electrons. The van der Waals surface area contributed by atoms with Crippen molar-refractivity contribution in [3.05, 3.63) is 18.2 Å². The molecule has 0 aliphatic heterocycles. The number of benzene rings is 1. The molecule has 3 nitrogen and oxygen atoms in total. The second kappa shape index (κ2) is 1.85. The van der Waals surface area contributed by atoms with Gasteiger partial charge in [0.15, 0.2) is 5.75 Å². The van der Waals surface area contributed by atoms with Crippen LogP contribution in [0.2, 0.25) is 0 Å². The first-order valence-electron chi connectivity index (χ1n) is 2.38. The van der Waals surface area contributed by atoms with Crippen LogP contribution in [-0.2, 0) is 5.11 Å². The van der Waals surface area contributed by atoms with E-state index in [0.717, 1.165) is 18.2 Å². The van der Waals surface area contributed by atoms with Gasteiger partial charge in [0, 0.05) is 18.2 Å². The Hall–Kier alpha value is -1.38. The average Bonchev–Trinajstić information content (AvgIpc) is 1.59. The van der Waals surface area contributed by atoms with Gasteiger partial charge in [-0.3, -0.25) is 5.11 Å². The summed E-state index contributed by atoms with van der Waals surface area (Å²) in [7, 11) is 0. The third-order valence-corrected chi connectivity index (χ3v) is 0.876. The van der Waals surface area contributed by atoms with Crippen molar-refractivity contribution >= 4 is 0 Å². The summed E-state index contributed by atoms with van der Waals surface area (Å²) < 4.78 is 0. The molecule has 9 heavy (non-hydrogen) atoms. The molecule has 0 saturated heterocycles. The van der Waals surface area contributed by atoms with Crippen LogP contribution >= 0.6 is 0 Å². The lowest BCUT2D eigenvalue weighted by Crippen LogP contribution is -1.64. The van der Waals surface area contributed by atoms with E-state index in [0.29, 0.717) is 0 Å². The van der Waals surface area contributed by atoms with Crippen LogP contribution in [0.4, 0.5) is 0 Å². The Bertz CT molecular complexity index is 169. The van der Waals surface area contributed by atoms with Crippen molar-refractivity contribution in [1.29, 1.82) is 0 Å². The van der Waals surface area contributed by atoms with Gasteiger partial charge in [0.1, 0.15) is 11.5 Å². The van der Waals surface area contributed by atoms with Gasteiger partial charge in [-0.15, -0.1) is 0 Å². The summed E-state index contributed by atoms with van der Waals surface area (Å²) in [5.41, 5.74) is 0. The molecule has 0 unspecified atom stereocenters. The van der Waals surface area contributed by atoms with Crippen LogP contribution < -0.4 is 0 Å². The van der Waals surface area contributed by atoms with Crippen molar-refractivity contribution in [3.8, 4) is 17.2 Å². The number of hydrogen-bond donors (Lipinski definition) is 2. The molecule has 0 aliphatic carbocycles. The second-order valence-corrected chi connectivity index (χ2v) is 1.69. The van der Waals surface area contributed by atoms with E-state index in [1.165, 1.54) is 0 Å². The SMILES string of the molecule is [O]c1cc(O)cc(O)c1. The first-order chi connectivity index (χ1) is 4.18. The summed E-state index contributed by atoms with van der Waals surface area (Å²) in [6, 6.07) is 3.15. The monoisotopic (exact) mass is 125 g/mol. The molecule has 0 fully saturated rings. The van der Waals surface area contributed by atoms with Gasteiger partial charge in [0.05, 0.1) is 0 Å². The van der Waals surface area contributed by atoms with Crippen LogP contribution in [0.3, 0.4) is 0 Å². The normalized spacial score (nSPS) is 9.33. The molecule has 0 aliphatic rings. The lowest BCUT2D eigenvalue weighted by atomic mass is 10.3. The van der Waals surface area contributed by atoms with Gasteiger partial charge in [0.2, 0.25) is 0 Å². The largest absolute Gasteiger partial charge is 0.508 e. The molecule has 0 saturated carbocycles. The number of hydrogen-bond acceptors (Lipinski definition) is 2. The standard InChI is InChI=1S/C6H5O3/c7-4-1-5(8)3-6(9)2-4/h1-3,7-8H. The van der Waals surface area contributed by atoms with Crippen molar-refractivity contribution in [2.45, 2.75) is 0 Å². The molecule has 1 rings (SSSR count). The smallest absolute Gasteiger partial charge is 0.186 e. The maximum atomic E-state index is 10.4. The Morgan fingerprint density at radius 3 is 1.78 bits per heavy atom. The number of aromatic hydroxyl groups is 2. The lowest BCUT2D eigenvalue weighted by molar-refractivity contribution is 0.346. The molecule has 2 N–H and O–H groups in total. The fourth-order valence-electron chi connectivity index (χ4n) is 0.568. The summed E-state index contributed by atoms with van der Waals surface area (Å²) in [6.07, 6.45) is 0. The molecule has 0 spiro atoms. The van der Waals surface area contributed by atoms with Crippen LogP contribution in [0, 0.1) is 0 Å². The fraction of sp³-hybridized carbons (Fsp3) is 0. The third-order valence-electron chi connectivity index (χ3n) is 0.876. The van der Waals surface area contributed by atoms with E-state index in [1.807, 2.05) is 0 Å². The molecule has 3 heteroatoms. The minimum absolute atomic E-state index is 0.208. The summed E-state index contributed by atoms with van der Waals surface area (Å²) in [4.78, 5) is 0. The first kappa shape index (κ1) is 5.75. The molecule has 0 bridgehead atoms. The number of rotatable bonds is 0. The van der Waals surface area contributed by atoms with E-state index in [4.69, 9.17) is 10.2 Å². The maximum absolute atomic E-state index is 10.4. The summed E-state index contributed by atoms with van der Waals surface area (Å²) in [5, 5.41) is 27.7. The van der Waals surface area contributed by atoms with E-state index >= 15 is 0 Å². The zero-order valence-corrected chi connectivity index (χ0v) is 4.53.